The summed E-state index contributed by atoms with van der Waals surface area (Å²) >= 11 is 0. The Kier molecular flexibility index (Phi) is 3.18. The molecule has 4 aromatic rings. The molecule has 0 aliphatic heterocycles. The van der Waals surface area contributed by atoms with Crippen molar-refractivity contribution in [2.75, 3.05) is 0 Å². The zero-order valence-corrected chi connectivity index (χ0v) is 16.0. The number of hydrogen-bond acceptors (Lipinski definition) is 0. The minimum absolute atomic E-state index is 0.476. The maximum absolute atomic E-state index is 3.87. The first kappa shape index (κ1) is 15.6. The lowest BCUT2D eigenvalue weighted by Gasteiger charge is -2.36. The van der Waals surface area contributed by atoms with E-state index in [2.05, 4.69) is 72.3 Å². The number of aromatic amines is 2. The second-order valence-electron chi connectivity index (χ2n) is 8.78. The zero-order chi connectivity index (χ0) is 18.1. The van der Waals surface area contributed by atoms with Crippen molar-refractivity contribution in [2.45, 2.75) is 44.9 Å². The Labute approximate surface area is 160 Å². The van der Waals surface area contributed by atoms with Gasteiger partial charge in [-0.1, -0.05) is 56.2 Å². The molecule has 2 aromatic heterocycles. The Hall–Kier alpha value is -2.48. The molecular weight excluding hydrogens is 328 g/mol. The lowest BCUT2D eigenvalue weighted by Crippen LogP contribution is -2.26. The average molecular weight is 354 g/mol. The Morgan fingerprint density at radius 3 is 2.26 bits per heavy atom. The van der Waals surface area contributed by atoms with Gasteiger partial charge in [-0.2, -0.15) is 0 Å². The van der Waals surface area contributed by atoms with Crippen LogP contribution in [0, 0.1) is 18.8 Å². The third-order valence-corrected chi connectivity index (χ3v) is 7.39. The van der Waals surface area contributed by atoms with Crippen molar-refractivity contribution in [3.05, 3.63) is 71.0 Å². The fourth-order valence-corrected chi connectivity index (χ4v) is 6.40. The first-order valence-corrected chi connectivity index (χ1v) is 10.4. The van der Waals surface area contributed by atoms with Crippen LogP contribution in [-0.4, -0.2) is 9.97 Å². The molecule has 2 N–H and O–H groups in total. The molecule has 0 saturated heterocycles. The van der Waals surface area contributed by atoms with Crippen molar-refractivity contribution in [1.29, 1.82) is 0 Å². The van der Waals surface area contributed by atoms with Gasteiger partial charge >= 0.3 is 0 Å². The minimum atomic E-state index is 0.476. The van der Waals surface area contributed by atoms with Crippen LogP contribution in [0.1, 0.15) is 60.5 Å². The number of hydrogen-bond donors (Lipinski definition) is 2. The molecule has 0 bridgehead atoms. The number of aryl methyl sites for hydroxylation is 1. The monoisotopic (exact) mass is 354 g/mol. The topological polar surface area (TPSA) is 31.6 Å². The number of para-hydroxylation sites is 2. The summed E-state index contributed by atoms with van der Waals surface area (Å²) in [5.41, 5.74) is 8.56. The SMILES string of the molecule is Cc1[nH]c2ccccc2c1[C@H]1c2[nH]c3ccccc3c2[C@@H]2CCC[C@@H](C)[C@H]12. The molecular formula is C25H26N2. The van der Waals surface area contributed by atoms with E-state index < -0.39 is 0 Å². The van der Waals surface area contributed by atoms with E-state index in [0.29, 0.717) is 17.8 Å². The Balaban J connectivity index is 1.67. The van der Waals surface area contributed by atoms with E-state index in [1.54, 1.807) is 5.56 Å². The van der Waals surface area contributed by atoms with E-state index in [9.17, 15) is 0 Å². The van der Waals surface area contributed by atoms with Gasteiger partial charge in [-0.05, 0) is 54.4 Å². The second-order valence-corrected chi connectivity index (χ2v) is 8.78. The van der Waals surface area contributed by atoms with Crippen LogP contribution in [0.5, 0.6) is 0 Å². The summed E-state index contributed by atoms with van der Waals surface area (Å²) in [6, 6.07) is 17.8. The van der Waals surface area contributed by atoms with Gasteiger partial charge in [0.05, 0.1) is 0 Å². The average Bonchev–Trinajstić information content (AvgIpc) is 3.30. The molecule has 27 heavy (non-hydrogen) atoms. The van der Waals surface area contributed by atoms with Crippen molar-refractivity contribution in [3.8, 4) is 0 Å². The molecule has 2 aliphatic carbocycles. The van der Waals surface area contributed by atoms with Gasteiger partial charge in [0.25, 0.3) is 0 Å². The summed E-state index contributed by atoms with van der Waals surface area (Å²) in [6.07, 6.45) is 4.06. The van der Waals surface area contributed by atoms with Gasteiger partial charge in [-0.15, -0.1) is 0 Å². The highest BCUT2D eigenvalue weighted by molar-refractivity contribution is 5.89. The van der Waals surface area contributed by atoms with Crippen LogP contribution in [0.2, 0.25) is 0 Å². The Morgan fingerprint density at radius 2 is 1.48 bits per heavy atom. The molecule has 136 valence electrons. The van der Waals surface area contributed by atoms with Gasteiger partial charge in [0.2, 0.25) is 0 Å². The van der Waals surface area contributed by atoms with Crippen molar-refractivity contribution in [1.82, 2.24) is 9.97 Å². The van der Waals surface area contributed by atoms with Crippen molar-refractivity contribution in [3.63, 3.8) is 0 Å². The summed E-state index contributed by atoms with van der Waals surface area (Å²) in [5, 5.41) is 2.86. The molecule has 4 atom stereocenters. The van der Waals surface area contributed by atoms with Crippen LogP contribution in [0.25, 0.3) is 21.8 Å². The van der Waals surface area contributed by atoms with E-state index in [-0.39, 0.29) is 0 Å². The van der Waals surface area contributed by atoms with E-state index >= 15 is 0 Å². The zero-order valence-electron chi connectivity index (χ0n) is 16.0. The largest absolute Gasteiger partial charge is 0.358 e. The van der Waals surface area contributed by atoms with Crippen molar-refractivity contribution >= 4 is 21.8 Å². The molecule has 0 spiro atoms. The van der Waals surface area contributed by atoms with E-state index in [1.807, 2.05) is 0 Å². The number of nitrogens with one attached hydrogen (secondary N) is 2. The van der Waals surface area contributed by atoms with Gasteiger partial charge in [0.1, 0.15) is 0 Å². The van der Waals surface area contributed by atoms with E-state index in [4.69, 9.17) is 0 Å². The van der Waals surface area contributed by atoms with Crippen molar-refractivity contribution in [2.24, 2.45) is 11.8 Å². The lowest BCUT2D eigenvalue weighted by atomic mass is 9.68. The summed E-state index contributed by atoms with van der Waals surface area (Å²) < 4.78 is 0. The Morgan fingerprint density at radius 1 is 0.815 bits per heavy atom. The molecule has 1 fully saturated rings. The summed E-state index contributed by atoms with van der Waals surface area (Å²) in [5.74, 6) is 2.64. The standard InChI is InChI=1S/C25H26N2/c1-14-8-7-11-18-21(14)24(22-15(2)26-19-12-5-3-9-16(19)22)25-23(18)17-10-4-6-13-20(17)27-25/h3-6,9-10,12-14,18,21,24,26-27H,7-8,11H2,1-2H3/t14-,18-,21+,24+/m1/s1. The maximum Gasteiger partial charge on any atom is 0.0459 e. The fraction of sp³-hybridized carbons (Fsp3) is 0.360. The molecule has 0 unspecified atom stereocenters. The van der Waals surface area contributed by atoms with Crippen molar-refractivity contribution < 1.29 is 0 Å². The summed E-state index contributed by atoms with van der Waals surface area (Å²) in [7, 11) is 0. The highest BCUT2D eigenvalue weighted by atomic mass is 14.8. The first-order valence-electron chi connectivity index (χ1n) is 10.4. The van der Waals surface area contributed by atoms with Gasteiger partial charge in [0.15, 0.2) is 0 Å². The summed E-state index contributed by atoms with van der Waals surface area (Å²) in [4.78, 5) is 7.53. The second kappa shape index (κ2) is 5.51. The molecule has 1 saturated carbocycles. The first-order chi connectivity index (χ1) is 13.2. The number of fused-ring (bicyclic) bond motifs is 6. The van der Waals surface area contributed by atoms with Gasteiger partial charge in [-0.3, -0.25) is 0 Å². The molecule has 0 radical (unpaired) electrons. The number of aromatic nitrogens is 2. The molecule has 2 heteroatoms. The Bertz CT molecular complexity index is 1160. The number of H-pyrrole nitrogens is 2. The highest BCUT2D eigenvalue weighted by Gasteiger charge is 2.48. The van der Waals surface area contributed by atoms with Crippen LogP contribution in [0.3, 0.4) is 0 Å². The van der Waals surface area contributed by atoms with Crippen LogP contribution < -0.4 is 0 Å². The molecule has 2 aliphatic rings. The highest BCUT2D eigenvalue weighted by Crippen LogP contribution is 2.60. The van der Waals surface area contributed by atoms with E-state index in [1.165, 1.54) is 58.0 Å². The van der Waals surface area contributed by atoms with Crippen LogP contribution >= 0.6 is 0 Å². The normalized spacial score (nSPS) is 27.2. The smallest absolute Gasteiger partial charge is 0.0459 e. The summed E-state index contributed by atoms with van der Waals surface area (Å²) in [6.45, 7) is 4.75. The minimum Gasteiger partial charge on any atom is -0.358 e. The van der Waals surface area contributed by atoms with Crippen LogP contribution in [0.4, 0.5) is 0 Å². The van der Waals surface area contributed by atoms with Gasteiger partial charge < -0.3 is 9.97 Å². The molecule has 6 rings (SSSR count). The van der Waals surface area contributed by atoms with Crippen LogP contribution in [0.15, 0.2) is 48.5 Å². The quantitative estimate of drug-likeness (QED) is 0.385. The predicted octanol–water partition coefficient (Wildman–Crippen LogP) is 6.62. The van der Waals surface area contributed by atoms with Gasteiger partial charge in [-0.25, -0.2) is 0 Å². The molecule has 2 nitrogen and oxygen atoms in total. The number of benzene rings is 2. The fourth-order valence-electron chi connectivity index (χ4n) is 6.40. The van der Waals surface area contributed by atoms with Crippen LogP contribution in [-0.2, 0) is 0 Å². The lowest BCUT2D eigenvalue weighted by molar-refractivity contribution is 0.218. The predicted molar refractivity (Wildman–Crippen MR) is 112 cm³/mol. The number of rotatable bonds is 1. The third-order valence-electron chi connectivity index (χ3n) is 7.39. The van der Waals surface area contributed by atoms with E-state index in [0.717, 1.165) is 5.92 Å². The van der Waals surface area contributed by atoms with Gasteiger partial charge in [0, 0.05) is 39.1 Å². The molecule has 2 aromatic carbocycles. The molecule has 0 amide bonds. The third kappa shape index (κ3) is 2.02. The maximum atomic E-state index is 3.87. The molecule has 2 heterocycles.